The fourth-order valence-electron chi connectivity index (χ4n) is 2.92. The molecule has 1 aliphatic heterocycles. The molecule has 2 nitrogen and oxygen atoms in total. The molecule has 0 amide bonds. The zero-order chi connectivity index (χ0) is 16.2. The second-order valence-electron chi connectivity index (χ2n) is 5.68. The summed E-state index contributed by atoms with van der Waals surface area (Å²) in [6.07, 6.45) is -1.83. The second kappa shape index (κ2) is 10.4. The van der Waals surface area contributed by atoms with E-state index in [1.165, 1.54) is 6.07 Å². The average Bonchev–Trinajstić information content (AvgIpc) is 2.47. The third-order valence-electron chi connectivity index (χ3n) is 4.11. The fraction of sp³-hybridized carbons (Fsp3) is 0.625. The molecule has 140 valence electrons. The molecule has 8 heteroatoms. The predicted molar refractivity (Wildman–Crippen MR) is 92.6 cm³/mol. The van der Waals surface area contributed by atoms with Crippen LogP contribution in [0.25, 0.3) is 0 Å². The normalized spacial score (nSPS) is 16.9. The van der Waals surface area contributed by atoms with Crippen molar-refractivity contribution in [3.05, 3.63) is 35.1 Å². The molecule has 1 N–H and O–H groups in total. The van der Waals surface area contributed by atoms with Gasteiger partial charge in [0.15, 0.2) is 0 Å². The van der Waals surface area contributed by atoms with E-state index in [9.17, 15) is 17.6 Å². The predicted octanol–water partition coefficient (Wildman–Crippen LogP) is 4.82. The van der Waals surface area contributed by atoms with Crippen molar-refractivity contribution in [2.75, 3.05) is 26.2 Å². The molecular formula is C16H24Cl2F4N2. The molecule has 0 spiro atoms. The Morgan fingerprint density at radius 3 is 2.29 bits per heavy atom. The van der Waals surface area contributed by atoms with Crippen LogP contribution in [-0.2, 0) is 6.18 Å². The Labute approximate surface area is 152 Å². The monoisotopic (exact) mass is 390 g/mol. The molecule has 1 heterocycles. The molecule has 0 saturated carbocycles. The lowest BCUT2D eigenvalue weighted by Crippen LogP contribution is -2.45. The van der Waals surface area contributed by atoms with E-state index >= 15 is 0 Å². The van der Waals surface area contributed by atoms with Crippen molar-refractivity contribution in [3.63, 3.8) is 0 Å². The molecule has 1 fully saturated rings. The van der Waals surface area contributed by atoms with E-state index in [0.29, 0.717) is 5.56 Å². The van der Waals surface area contributed by atoms with Crippen LogP contribution in [0, 0.1) is 5.82 Å². The van der Waals surface area contributed by atoms with Crippen LogP contribution in [0.2, 0.25) is 0 Å². The number of benzene rings is 1. The Morgan fingerprint density at radius 1 is 1.17 bits per heavy atom. The highest BCUT2D eigenvalue weighted by Crippen LogP contribution is 2.34. The maximum absolute atomic E-state index is 13.8. The maximum atomic E-state index is 13.8. The van der Waals surface area contributed by atoms with Gasteiger partial charge in [0.2, 0.25) is 0 Å². The lowest BCUT2D eigenvalue weighted by molar-refractivity contribution is -0.140. The van der Waals surface area contributed by atoms with Crippen molar-refractivity contribution in [1.29, 1.82) is 0 Å². The van der Waals surface area contributed by atoms with Crippen molar-refractivity contribution < 1.29 is 17.6 Å². The van der Waals surface area contributed by atoms with E-state index in [-0.39, 0.29) is 30.9 Å². The number of halogens is 6. The Hall–Kier alpha value is -0.560. The fourth-order valence-corrected chi connectivity index (χ4v) is 2.92. The summed E-state index contributed by atoms with van der Waals surface area (Å²) in [6, 6.07) is 3.34. The van der Waals surface area contributed by atoms with Crippen molar-refractivity contribution in [2.24, 2.45) is 0 Å². The van der Waals surface area contributed by atoms with Gasteiger partial charge in [-0.3, -0.25) is 4.90 Å². The number of hydrogen-bond donors (Lipinski definition) is 1. The molecule has 1 aliphatic rings. The Bertz CT molecular complexity index is 491. The van der Waals surface area contributed by atoms with Crippen LogP contribution in [0.5, 0.6) is 0 Å². The van der Waals surface area contributed by atoms with Gasteiger partial charge in [-0.25, -0.2) is 4.39 Å². The van der Waals surface area contributed by atoms with Crippen LogP contribution in [0.1, 0.15) is 43.4 Å². The molecular weight excluding hydrogens is 367 g/mol. The van der Waals surface area contributed by atoms with Gasteiger partial charge in [-0.05, 0) is 24.1 Å². The number of alkyl halides is 3. The molecule has 0 bridgehead atoms. The number of unbranched alkanes of at least 4 members (excludes halogenated alkanes) is 1. The van der Waals surface area contributed by atoms with Crippen LogP contribution < -0.4 is 5.32 Å². The molecule has 0 unspecified atom stereocenters. The van der Waals surface area contributed by atoms with Gasteiger partial charge in [0, 0.05) is 32.2 Å². The van der Waals surface area contributed by atoms with Gasteiger partial charge in [-0.2, -0.15) is 13.2 Å². The number of nitrogens with one attached hydrogen (secondary N) is 1. The summed E-state index contributed by atoms with van der Waals surface area (Å²) >= 11 is 0. The molecule has 1 aromatic rings. The molecule has 0 aromatic heterocycles. The van der Waals surface area contributed by atoms with Crippen molar-refractivity contribution in [1.82, 2.24) is 10.2 Å². The lowest BCUT2D eigenvalue weighted by Gasteiger charge is -2.35. The van der Waals surface area contributed by atoms with Gasteiger partial charge < -0.3 is 5.32 Å². The molecule has 1 saturated heterocycles. The zero-order valence-electron chi connectivity index (χ0n) is 13.5. The first-order chi connectivity index (χ1) is 10.4. The van der Waals surface area contributed by atoms with Crippen LogP contribution >= 0.6 is 24.8 Å². The minimum Gasteiger partial charge on any atom is -0.314 e. The molecule has 0 aliphatic carbocycles. The van der Waals surface area contributed by atoms with Gasteiger partial charge in [-0.15, -0.1) is 24.8 Å². The summed E-state index contributed by atoms with van der Waals surface area (Å²) < 4.78 is 51.9. The van der Waals surface area contributed by atoms with Crippen LogP contribution in [0.3, 0.4) is 0 Å². The quantitative estimate of drug-likeness (QED) is 0.724. The Balaban J connectivity index is 0.00000264. The summed E-state index contributed by atoms with van der Waals surface area (Å²) in [5.41, 5.74) is -0.549. The smallest absolute Gasteiger partial charge is 0.314 e. The minimum absolute atomic E-state index is 0. The molecule has 24 heavy (non-hydrogen) atoms. The lowest BCUT2D eigenvalue weighted by atomic mass is 9.97. The van der Waals surface area contributed by atoms with E-state index < -0.39 is 17.6 Å². The molecule has 1 aromatic carbocycles. The largest absolute Gasteiger partial charge is 0.419 e. The van der Waals surface area contributed by atoms with E-state index in [2.05, 4.69) is 17.1 Å². The number of piperazine rings is 1. The van der Waals surface area contributed by atoms with Gasteiger partial charge in [0.25, 0.3) is 0 Å². The maximum Gasteiger partial charge on any atom is 0.419 e. The molecule has 2 rings (SSSR count). The third-order valence-corrected chi connectivity index (χ3v) is 4.11. The number of rotatable bonds is 5. The van der Waals surface area contributed by atoms with Gasteiger partial charge in [0.1, 0.15) is 5.82 Å². The third kappa shape index (κ3) is 6.06. The summed E-state index contributed by atoms with van der Waals surface area (Å²) in [5, 5.41) is 3.25. The Morgan fingerprint density at radius 2 is 1.79 bits per heavy atom. The molecule has 1 atom stereocenters. The molecule has 0 radical (unpaired) electrons. The number of nitrogens with zero attached hydrogens (tertiary/aromatic N) is 1. The van der Waals surface area contributed by atoms with Crippen LogP contribution in [0.4, 0.5) is 17.6 Å². The van der Waals surface area contributed by atoms with E-state index in [0.717, 1.165) is 57.6 Å². The van der Waals surface area contributed by atoms with Gasteiger partial charge in [-0.1, -0.05) is 25.8 Å². The highest BCUT2D eigenvalue weighted by atomic mass is 35.5. The minimum atomic E-state index is -4.64. The average molecular weight is 391 g/mol. The topological polar surface area (TPSA) is 15.3 Å². The first-order valence-corrected chi connectivity index (χ1v) is 7.75. The highest BCUT2D eigenvalue weighted by molar-refractivity contribution is 5.85. The summed E-state index contributed by atoms with van der Waals surface area (Å²) in [5.74, 6) is -1.18. The number of hydrogen-bond acceptors (Lipinski definition) is 2. The SMILES string of the molecule is CCCC[C@H](c1ccc(C(F)(F)F)c(F)c1)N1CCNCC1.Cl.Cl. The van der Waals surface area contributed by atoms with Gasteiger partial charge >= 0.3 is 6.18 Å². The summed E-state index contributed by atoms with van der Waals surface area (Å²) in [6.45, 7) is 5.44. The highest BCUT2D eigenvalue weighted by Gasteiger charge is 2.34. The van der Waals surface area contributed by atoms with E-state index in [1.807, 2.05) is 0 Å². The van der Waals surface area contributed by atoms with Crippen LogP contribution in [0.15, 0.2) is 18.2 Å². The standard InChI is InChI=1S/C16H22F4N2.2ClH/c1-2-3-4-15(22-9-7-21-8-10-22)12-5-6-13(14(17)11-12)16(18,19)20;;/h5-6,11,15,21H,2-4,7-10H2,1H3;2*1H/t15-;;/m1../s1. The first-order valence-electron chi connectivity index (χ1n) is 7.75. The zero-order valence-corrected chi connectivity index (χ0v) is 15.2. The van der Waals surface area contributed by atoms with E-state index in [1.54, 1.807) is 0 Å². The van der Waals surface area contributed by atoms with Crippen molar-refractivity contribution in [3.8, 4) is 0 Å². The Kier molecular flexibility index (Phi) is 10.2. The second-order valence-corrected chi connectivity index (χ2v) is 5.68. The van der Waals surface area contributed by atoms with Crippen molar-refractivity contribution >= 4 is 24.8 Å². The van der Waals surface area contributed by atoms with Crippen LogP contribution in [-0.4, -0.2) is 31.1 Å². The van der Waals surface area contributed by atoms with E-state index in [4.69, 9.17) is 0 Å². The van der Waals surface area contributed by atoms with Gasteiger partial charge in [0.05, 0.1) is 5.56 Å². The summed E-state index contributed by atoms with van der Waals surface area (Å²) in [4.78, 5) is 2.23. The first kappa shape index (κ1) is 23.4. The summed E-state index contributed by atoms with van der Waals surface area (Å²) in [7, 11) is 0. The van der Waals surface area contributed by atoms with Crippen molar-refractivity contribution in [2.45, 2.75) is 38.4 Å².